The Morgan fingerprint density at radius 1 is 0.840 bits per heavy atom. The van der Waals surface area contributed by atoms with Gasteiger partial charge in [-0.1, -0.05) is 12.1 Å². The van der Waals surface area contributed by atoms with Crippen LogP contribution in [0.2, 0.25) is 0 Å². The van der Waals surface area contributed by atoms with Gasteiger partial charge in [-0.25, -0.2) is 4.79 Å². The molecule has 0 fully saturated rings. The summed E-state index contributed by atoms with van der Waals surface area (Å²) in [6.07, 6.45) is 0. The van der Waals surface area contributed by atoms with Crippen LogP contribution in [0, 0.1) is 0 Å². The van der Waals surface area contributed by atoms with E-state index < -0.39 is 5.97 Å². The van der Waals surface area contributed by atoms with Crippen molar-refractivity contribution in [2.45, 2.75) is 6.61 Å². The summed E-state index contributed by atoms with van der Waals surface area (Å²) in [5.41, 5.74) is 1.70. The molecule has 6 nitrogen and oxygen atoms in total. The van der Waals surface area contributed by atoms with E-state index in [0.29, 0.717) is 29.2 Å². The topological polar surface area (TPSA) is 71.1 Å². The lowest BCUT2D eigenvalue weighted by atomic mass is 10.1. The molecule has 0 N–H and O–H groups in total. The minimum absolute atomic E-state index is 0.328. The molecule has 6 heteroatoms. The first-order chi connectivity index (χ1) is 12.1. The van der Waals surface area contributed by atoms with E-state index in [1.165, 1.54) is 14.2 Å². The molecule has 2 rings (SSSR count). The van der Waals surface area contributed by atoms with Crippen LogP contribution in [0.1, 0.15) is 26.3 Å². The molecule has 0 aliphatic heterocycles. The van der Waals surface area contributed by atoms with E-state index in [1.807, 2.05) is 0 Å². The maximum Gasteiger partial charge on any atom is 0.338 e. The van der Waals surface area contributed by atoms with Gasteiger partial charge in [0.25, 0.3) is 0 Å². The van der Waals surface area contributed by atoms with E-state index in [9.17, 15) is 9.59 Å². The number of esters is 1. The first-order valence-electron chi connectivity index (χ1n) is 7.59. The molecule has 0 aliphatic carbocycles. The normalized spacial score (nSPS) is 10.2. The van der Waals surface area contributed by atoms with Crippen molar-refractivity contribution in [3.8, 4) is 11.5 Å². The Morgan fingerprint density at radius 3 is 2.08 bits per heavy atom. The molecule has 0 amide bonds. The molecule has 0 atom stereocenters. The van der Waals surface area contributed by atoms with Crippen LogP contribution in [0.25, 0.3) is 0 Å². The number of benzene rings is 2. The van der Waals surface area contributed by atoms with E-state index >= 15 is 0 Å². The monoisotopic (exact) mass is 344 g/mol. The quantitative estimate of drug-likeness (QED) is 0.542. The average Bonchev–Trinajstić information content (AvgIpc) is 2.66. The number of Topliss-reactive ketones (excluding diaryl/α,β-unsaturated/α-hetero) is 1. The van der Waals surface area contributed by atoms with Gasteiger partial charge in [0.1, 0.15) is 0 Å². The molecule has 0 bridgehead atoms. The first-order valence-corrected chi connectivity index (χ1v) is 7.59. The van der Waals surface area contributed by atoms with Crippen molar-refractivity contribution in [3.63, 3.8) is 0 Å². The van der Waals surface area contributed by atoms with E-state index in [-0.39, 0.29) is 12.4 Å². The van der Waals surface area contributed by atoms with Gasteiger partial charge in [0.2, 0.25) is 0 Å². The second kappa shape index (κ2) is 8.84. The number of ether oxygens (including phenoxy) is 4. The van der Waals surface area contributed by atoms with Crippen molar-refractivity contribution in [1.82, 2.24) is 0 Å². The van der Waals surface area contributed by atoms with Crippen molar-refractivity contribution >= 4 is 11.8 Å². The van der Waals surface area contributed by atoms with E-state index in [4.69, 9.17) is 18.9 Å². The lowest BCUT2D eigenvalue weighted by Gasteiger charge is -2.09. The molecule has 2 aromatic carbocycles. The van der Waals surface area contributed by atoms with Gasteiger partial charge in [-0.05, 0) is 35.9 Å². The summed E-state index contributed by atoms with van der Waals surface area (Å²) < 4.78 is 20.4. The zero-order chi connectivity index (χ0) is 18.2. The zero-order valence-electron chi connectivity index (χ0n) is 14.4. The van der Waals surface area contributed by atoms with Crippen LogP contribution in [-0.2, 0) is 16.1 Å². The highest BCUT2D eigenvalue weighted by Crippen LogP contribution is 2.27. The molecule has 0 unspecified atom stereocenters. The molecular formula is C19H20O6. The maximum absolute atomic E-state index is 12.2. The summed E-state index contributed by atoms with van der Waals surface area (Å²) in [5.74, 6) is 0.0729. The van der Waals surface area contributed by atoms with E-state index in [1.54, 1.807) is 49.6 Å². The third kappa shape index (κ3) is 4.81. The lowest BCUT2D eigenvalue weighted by Crippen LogP contribution is -2.14. The number of carbonyl (C=O) groups excluding carboxylic acids is 2. The third-order valence-corrected chi connectivity index (χ3v) is 3.54. The Morgan fingerprint density at radius 2 is 1.48 bits per heavy atom. The fourth-order valence-corrected chi connectivity index (χ4v) is 2.21. The number of carbonyl (C=O) groups is 2. The van der Waals surface area contributed by atoms with Gasteiger partial charge in [-0.15, -0.1) is 0 Å². The fraction of sp³-hybridized carbons (Fsp3) is 0.263. The molecule has 0 spiro atoms. The van der Waals surface area contributed by atoms with Crippen LogP contribution in [0.4, 0.5) is 0 Å². The molecule has 132 valence electrons. The average molecular weight is 344 g/mol. The standard InChI is InChI=1S/C19H20O6/c1-22-11-13-4-6-14(7-5-13)19(21)25-12-16(20)15-8-9-17(23-2)18(10-15)24-3/h4-10H,11-12H2,1-3H3. The zero-order valence-corrected chi connectivity index (χ0v) is 14.4. The predicted octanol–water partition coefficient (Wildman–Crippen LogP) is 2.89. The Kier molecular flexibility index (Phi) is 6.54. The molecule has 0 radical (unpaired) electrons. The Hall–Kier alpha value is -2.86. The van der Waals surface area contributed by atoms with Crippen LogP contribution in [0.15, 0.2) is 42.5 Å². The van der Waals surface area contributed by atoms with Gasteiger partial charge in [0.15, 0.2) is 23.9 Å². The summed E-state index contributed by atoms with van der Waals surface area (Å²) in [6.45, 7) is 0.112. The maximum atomic E-state index is 12.2. The first kappa shape index (κ1) is 18.5. The number of rotatable bonds is 8. The fourth-order valence-electron chi connectivity index (χ4n) is 2.21. The predicted molar refractivity (Wildman–Crippen MR) is 91.3 cm³/mol. The number of hydrogen-bond acceptors (Lipinski definition) is 6. The van der Waals surface area contributed by atoms with Crippen LogP contribution in [0.3, 0.4) is 0 Å². The molecule has 0 aromatic heterocycles. The Balaban J connectivity index is 1.98. The summed E-state index contributed by atoms with van der Waals surface area (Å²) in [6, 6.07) is 11.6. The lowest BCUT2D eigenvalue weighted by molar-refractivity contribution is 0.0474. The molecule has 0 aliphatic rings. The largest absolute Gasteiger partial charge is 0.493 e. The van der Waals surface area contributed by atoms with Crippen LogP contribution >= 0.6 is 0 Å². The number of ketones is 1. The number of methoxy groups -OCH3 is 3. The molecule has 25 heavy (non-hydrogen) atoms. The van der Waals surface area contributed by atoms with Crippen molar-refractivity contribution in [3.05, 3.63) is 59.2 Å². The van der Waals surface area contributed by atoms with Gasteiger partial charge < -0.3 is 18.9 Å². The Labute approximate surface area is 146 Å². The summed E-state index contributed by atoms with van der Waals surface area (Å²) in [4.78, 5) is 24.2. The Bertz CT molecular complexity index is 736. The van der Waals surface area contributed by atoms with Crippen molar-refractivity contribution in [2.75, 3.05) is 27.9 Å². The van der Waals surface area contributed by atoms with Gasteiger partial charge in [-0.3, -0.25) is 4.79 Å². The highest BCUT2D eigenvalue weighted by Gasteiger charge is 2.14. The van der Waals surface area contributed by atoms with Gasteiger partial charge >= 0.3 is 5.97 Å². The van der Waals surface area contributed by atoms with Gasteiger partial charge in [0.05, 0.1) is 26.4 Å². The van der Waals surface area contributed by atoms with E-state index in [2.05, 4.69) is 0 Å². The van der Waals surface area contributed by atoms with Gasteiger partial charge in [0, 0.05) is 12.7 Å². The highest BCUT2D eigenvalue weighted by atomic mass is 16.5. The highest BCUT2D eigenvalue weighted by molar-refractivity contribution is 5.99. The smallest absolute Gasteiger partial charge is 0.338 e. The number of hydrogen-bond donors (Lipinski definition) is 0. The van der Waals surface area contributed by atoms with Crippen molar-refractivity contribution in [1.29, 1.82) is 0 Å². The SMILES string of the molecule is COCc1ccc(C(=O)OCC(=O)c2ccc(OC)c(OC)c2)cc1. The molecule has 0 saturated carbocycles. The van der Waals surface area contributed by atoms with Crippen molar-refractivity contribution in [2.24, 2.45) is 0 Å². The molecular weight excluding hydrogens is 324 g/mol. The van der Waals surface area contributed by atoms with Crippen LogP contribution in [-0.4, -0.2) is 39.7 Å². The summed E-state index contributed by atoms with van der Waals surface area (Å²) in [5, 5.41) is 0. The minimum Gasteiger partial charge on any atom is -0.493 e. The second-order valence-electron chi connectivity index (χ2n) is 5.20. The summed E-state index contributed by atoms with van der Waals surface area (Å²) in [7, 11) is 4.60. The van der Waals surface area contributed by atoms with Crippen molar-refractivity contribution < 1.29 is 28.5 Å². The van der Waals surface area contributed by atoms with Crippen LogP contribution in [0.5, 0.6) is 11.5 Å². The van der Waals surface area contributed by atoms with Gasteiger partial charge in [-0.2, -0.15) is 0 Å². The summed E-state index contributed by atoms with van der Waals surface area (Å²) >= 11 is 0. The molecule has 2 aromatic rings. The second-order valence-corrected chi connectivity index (χ2v) is 5.20. The third-order valence-electron chi connectivity index (χ3n) is 3.54. The van der Waals surface area contributed by atoms with E-state index in [0.717, 1.165) is 5.56 Å². The van der Waals surface area contributed by atoms with Crippen LogP contribution < -0.4 is 9.47 Å². The minimum atomic E-state index is -0.558. The molecule has 0 heterocycles. The molecule has 0 saturated heterocycles.